The number of anilines is 1. The molecule has 0 atom stereocenters. The number of benzene rings is 1. The van der Waals surface area contributed by atoms with Crippen molar-refractivity contribution in [3.05, 3.63) is 53.9 Å². The second kappa shape index (κ2) is 7.12. The first-order valence-corrected chi connectivity index (χ1v) is 9.67. The van der Waals surface area contributed by atoms with Gasteiger partial charge in [0.05, 0.1) is 11.4 Å². The van der Waals surface area contributed by atoms with Gasteiger partial charge in [0.15, 0.2) is 5.82 Å². The molecule has 0 aliphatic heterocycles. The van der Waals surface area contributed by atoms with E-state index in [0.29, 0.717) is 23.1 Å². The Balaban J connectivity index is 1.70. The van der Waals surface area contributed by atoms with Crippen molar-refractivity contribution in [2.24, 2.45) is 0 Å². The summed E-state index contributed by atoms with van der Waals surface area (Å²) in [5.74, 6) is 1.48. The monoisotopic (exact) mass is 373 g/mol. The number of hydrogen-bond acceptors (Lipinski definition) is 6. The fraction of sp³-hybridized carbons (Fsp3) is 0.235. The molecule has 0 saturated carbocycles. The van der Waals surface area contributed by atoms with Crippen LogP contribution in [0.2, 0.25) is 0 Å². The largest absolute Gasteiger partial charge is 0.438 e. The molecule has 3 rings (SSSR count). The molecule has 0 bridgehead atoms. The molecule has 2 heterocycles. The van der Waals surface area contributed by atoms with E-state index < -0.39 is 10.0 Å². The van der Waals surface area contributed by atoms with Crippen molar-refractivity contribution < 1.29 is 13.2 Å². The molecule has 0 radical (unpaired) electrons. The van der Waals surface area contributed by atoms with Gasteiger partial charge in [-0.25, -0.2) is 13.1 Å². The molecule has 3 aromatic rings. The Morgan fingerprint density at radius 2 is 1.81 bits per heavy atom. The number of nitrogens with zero attached hydrogens (tertiary/aromatic N) is 4. The topological polar surface area (TPSA) is 99.0 Å². The molecule has 0 unspecified atom stereocenters. The van der Waals surface area contributed by atoms with Crippen molar-refractivity contribution in [3.8, 4) is 17.4 Å². The molecule has 0 saturated heterocycles. The summed E-state index contributed by atoms with van der Waals surface area (Å²) in [7, 11) is -3.30. The Morgan fingerprint density at radius 3 is 2.35 bits per heavy atom. The predicted molar refractivity (Wildman–Crippen MR) is 98.2 cm³/mol. The van der Waals surface area contributed by atoms with Gasteiger partial charge in [-0.05, 0) is 57.2 Å². The molecule has 0 fully saturated rings. The zero-order valence-electron chi connectivity index (χ0n) is 14.7. The van der Waals surface area contributed by atoms with Gasteiger partial charge in [0, 0.05) is 17.4 Å². The third kappa shape index (κ3) is 4.17. The van der Waals surface area contributed by atoms with Crippen LogP contribution in [0.1, 0.15) is 18.3 Å². The van der Waals surface area contributed by atoms with E-state index in [1.54, 1.807) is 48.0 Å². The second-order valence-corrected chi connectivity index (χ2v) is 7.71. The van der Waals surface area contributed by atoms with Gasteiger partial charge in [0.2, 0.25) is 15.9 Å². The highest BCUT2D eigenvalue weighted by Gasteiger charge is 2.08. The highest BCUT2D eigenvalue weighted by atomic mass is 32.2. The number of ether oxygens (including phenoxy) is 1. The van der Waals surface area contributed by atoms with Crippen LogP contribution in [0.4, 0.5) is 5.69 Å². The van der Waals surface area contributed by atoms with E-state index in [9.17, 15) is 8.42 Å². The minimum atomic E-state index is -3.30. The van der Waals surface area contributed by atoms with E-state index >= 15 is 0 Å². The van der Waals surface area contributed by atoms with Gasteiger partial charge in [0.1, 0.15) is 5.75 Å². The quantitative estimate of drug-likeness (QED) is 0.713. The molecule has 9 heteroatoms. The summed E-state index contributed by atoms with van der Waals surface area (Å²) in [6.07, 6.45) is 0. The van der Waals surface area contributed by atoms with Crippen LogP contribution in [0.5, 0.6) is 11.6 Å². The van der Waals surface area contributed by atoms with Gasteiger partial charge in [-0.15, -0.1) is 10.2 Å². The number of nitrogens with one attached hydrogen (secondary N) is 1. The van der Waals surface area contributed by atoms with Crippen LogP contribution in [-0.2, 0) is 10.0 Å². The Hall–Kier alpha value is -2.94. The summed E-state index contributed by atoms with van der Waals surface area (Å²) in [5.41, 5.74) is 2.35. The number of aromatic nitrogens is 4. The summed E-state index contributed by atoms with van der Waals surface area (Å²) in [6, 6.07) is 12.0. The van der Waals surface area contributed by atoms with E-state index in [-0.39, 0.29) is 5.75 Å². The van der Waals surface area contributed by atoms with Crippen LogP contribution in [0.15, 0.2) is 42.5 Å². The van der Waals surface area contributed by atoms with Crippen molar-refractivity contribution in [3.63, 3.8) is 0 Å². The maximum atomic E-state index is 11.6. The lowest BCUT2D eigenvalue weighted by molar-refractivity contribution is 0.454. The molecule has 0 aliphatic rings. The lowest BCUT2D eigenvalue weighted by Crippen LogP contribution is -2.14. The zero-order valence-corrected chi connectivity index (χ0v) is 15.5. The fourth-order valence-corrected chi connectivity index (χ4v) is 2.94. The van der Waals surface area contributed by atoms with Crippen molar-refractivity contribution in [2.75, 3.05) is 10.5 Å². The molecule has 8 nitrogen and oxygen atoms in total. The minimum absolute atomic E-state index is 0.0163. The zero-order chi connectivity index (χ0) is 18.7. The number of rotatable bonds is 6. The average molecular weight is 373 g/mol. The molecule has 136 valence electrons. The summed E-state index contributed by atoms with van der Waals surface area (Å²) in [6.45, 7) is 5.44. The lowest BCUT2D eigenvalue weighted by atomic mass is 10.3. The molecule has 1 N–H and O–H groups in total. The molecule has 0 aliphatic carbocycles. The first-order chi connectivity index (χ1) is 12.4. The highest BCUT2D eigenvalue weighted by molar-refractivity contribution is 7.92. The SMILES string of the molecule is CCS(=O)(=O)Nc1ccc(Oc2ccc(-n3nc(C)cc3C)nn2)cc1. The lowest BCUT2D eigenvalue weighted by Gasteiger charge is -2.08. The molecule has 0 amide bonds. The van der Waals surface area contributed by atoms with E-state index in [1.807, 2.05) is 19.9 Å². The molecule has 0 spiro atoms. The highest BCUT2D eigenvalue weighted by Crippen LogP contribution is 2.22. The van der Waals surface area contributed by atoms with Crippen molar-refractivity contribution >= 4 is 15.7 Å². The Bertz CT molecular complexity index is 996. The first kappa shape index (κ1) is 17.9. The third-order valence-electron chi connectivity index (χ3n) is 3.58. The van der Waals surface area contributed by atoms with Crippen LogP contribution >= 0.6 is 0 Å². The van der Waals surface area contributed by atoms with Gasteiger partial charge < -0.3 is 4.74 Å². The summed E-state index contributed by atoms with van der Waals surface area (Å²) in [4.78, 5) is 0. The predicted octanol–water partition coefficient (Wildman–Crippen LogP) is 2.83. The molecular weight excluding hydrogens is 354 g/mol. The first-order valence-electron chi connectivity index (χ1n) is 8.02. The minimum Gasteiger partial charge on any atom is -0.438 e. The van der Waals surface area contributed by atoms with E-state index in [0.717, 1.165) is 11.4 Å². The molecule has 2 aromatic heterocycles. The number of hydrogen-bond donors (Lipinski definition) is 1. The van der Waals surface area contributed by atoms with Gasteiger partial charge in [-0.2, -0.15) is 5.10 Å². The molecule has 1 aromatic carbocycles. The van der Waals surface area contributed by atoms with Gasteiger partial charge in [-0.3, -0.25) is 4.72 Å². The Labute approximate surface area is 151 Å². The Morgan fingerprint density at radius 1 is 1.08 bits per heavy atom. The number of aryl methyl sites for hydroxylation is 2. The smallest absolute Gasteiger partial charge is 0.238 e. The summed E-state index contributed by atoms with van der Waals surface area (Å²) >= 11 is 0. The fourth-order valence-electron chi connectivity index (χ4n) is 2.30. The van der Waals surface area contributed by atoms with Crippen molar-refractivity contribution in [1.82, 2.24) is 20.0 Å². The van der Waals surface area contributed by atoms with Gasteiger partial charge >= 0.3 is 0 Å². The van der Waals surface area contributed by atoms with E-state index in [1.165, 1.54) is 0 Å². The summed E-state index contributed by atoms with van der Waals surface area (Å²) in [5, 5.41) is 12.5. The standard InChI is InChI=1S/C17H19N5O3S/c1-4-26(23,24)21-14-5-7-15(8-6-14)25-17-10-9-16(18-19-17)22-13(3)11-12(2)20-22/h5-11,21H,4H2,1-3H3. The van der Waals surface area contributed by atoms with Crippen molar-refractivity contribution in [1.29, 1.82) is 0 Å². The van der Waals surface area contributed by atoms with Crippen LogP contribution in [0, 0.1) is 13.8 Å². The number of sulfonamides is 1. The maximum Gasteiger partial charge on any atom is 0.238 e. The summed E-state index contributed by atoms with van der Waals surface area (Å²) < 4.78 is 32.9. The van der Waals surface area contributed by atoms with Crippen LogP contribution in [-0.4, -0.2) is 34.1 Å². The third-order valence-corrected chi connectivity index (χ3v) is 4.89. The Kier molecular flexibility index (Phi) is 4.90. The van der Waals surface area contributed by atoms with Crippen LogP contribution in [0.3, 0.4) is 0 Å². The van der Waals surface area contributed by atoms with Gasteiger partial charge in [0.25, 0.3) is 0 Å². The maximum absolute atomic E-state index is 11.6. The van der Waals surface area contributed by atoms with Crippen LogP contribution in [0.25, 0.3) is 5.82 Å². The molecular formula is C17H19N5O3S. The molecule has 26 heavy (non-hydrogen) atoms. The van der Waals surface area contributed by atoms with Crippen molar-refractivity contribution in [2.45, 2.75) is 20.8 Å². The van der Waals surface area contributed by atoms with E-state index in [4.69, 9.17) is 4.74 Å². The second-order valence-electron chi connectivity index (χ2n) is 5.70. The normalized spacial score (nSPS) is 11.3. The van der Waals surface area contributed by atoms with Gasteiger partial charge in [-0.1, -0.05) is 0 Å². The van der Waals surface area contributed by atoms with E-state index in [2.05, 4.69) is 20.0 Å². The average Bonchev–Trinajstić information content (AvgIpc) is 2.95. The van der Waals surface area contributed by atoms with Crippen LogP contribution < -0.4 is 9.46 Å².